The second-order valence-corrected chi connectivity index (χ2v) is 5.22. The van der Waals surface area contributed by atoms with Crippen LogP contribution in [0.1, 0.15) is 11.1 Å². The Bertz CT molecular complexity index is 457. The van der Waals surface area contributed by atoms with Crippen molar-refractivity contribution in [2.45, 2.75) is 25.0 Å². The molecular formula is C18H23ClO3. The summed E-state index contributed by atoms with van der Waals surface area (Å²) in [6, 6.07) is 19.6. The van der Waals surface area contributed by atoms with Crippen molar-refractivity contribution in [1.29, 1.82) is 0 Å². The molecule has 4 heteroatoms. The molecule has 0 radical (unpaired) electrons. The molecule has 120 valence electrons. The smallest absolute Gasteiger partial charge is 0.0813 e. The predicted octanol–water partition coefficient (Wildman–Crippen LogP) is 2.63. The SMILES string of the molecule is Cl.OC(COCC(O)Cc1ccccc1)Cc1ccccc1. The van der Waals surface area contributed by atoms with Gasteiger partial charge in [-0.25, -0.2) is 0 Å². The van der Waals surface area contributed by atoms with E-state index >= 15 is 0 Å². The van der Waals surface area contributed by atoms with Gasteiger partial charge < -0.3 is 14.9 Å². The summed E-state index contributed by atoms with van der Waals surface area (Å²) >= 11 is 0. The maximum atomic E-state index is 9.90. The summed E-state index contributed by atoms with van der Waals surface area (Å²) in [5.74, 6) is 0. The first-order valence-electron chi connectivity index (χ1n) is 7.26. The van der Waals surface area contributed by atoms with Crippen LogP contribution in [-0.2, 0) is 17.6 Å². The molecule has 2 rings (SSSR count). The highest BCUT2D eigenvalue weighted by atomic mass is 35.5. The second kappa shape index (κ2) is 10.4. The van der Waals surface area contributed by atoms with Gasteiger partial charge in [-0.3, -0.25) is 0 Å². The van der Waals surface area contributed by atoms with Crippen molar-refractivity contribution < 1.29 is 14.9 Å². The lowest BCUT2D eigenvalue weighted by Gasteiger charge is -2.14. The standard InChI is InChI=1S/C18H22O3.ClH/c19-17(11-15-7-3-1-4-8-15)13-21-14-18(20)12-16-9-5-2-6-10-16;/h1-10,17-20H,11-14H2;1H. The summed E-state index contributed by atoms with van der Waals surface area (Å²) in [7, 11) is 0. The molecule has 0 aromatic heterocycles. The van der Waals surface area contributed by atoms with E-state index in [1.54, 1.807) is 0 Å². The highest BCUT2D eigenvalue weighted by Crippen LogP contribution is 2.05. The van der Waals surface area contributed by atoms with Crippen LogP contribution in [0.25, 0.3) is 0 Å². The Morgan fingerprint density at radius 2 is 1.05 bits per heavy atom. The van der Waals surface area contributed by atoms with Gasteiger partial charge in [0.25, 0.3) is 0 Å². The molecule has 0 aliphatic heterocycles. The van der Waals surface area contributed by atoms with Gasteiger partial charge in [0.2, 0.25) is 0 Å². The van der Waals surface area contributed by atoms with Gasteiger partial charge >= 0.3 is 0 Å². The minimum absolute atomic E-state index is 0. The average molecular weight is 323 g/mol. The number of halogens is 1. The summed E-state index contributed by atoms with van der Waals surface area (Å²) in [5, 5.41) is 19.8. The number of aliphatic hydroxyl groups excluding tert-OH is 2. The molecular weight excluding hydrogens is 300 g/mol. The topological polar surface area (TPSA) is 49.7 Å². The van der Waals surface area contributed by atoms with Crippen molar-refractivity contribution in [3.63, 3.8) is 0 Å². The highest BCUT2D eigenvalue weighted by molar-refractivity contribution is 5.85. The first kappa shape index (κ1) is 18.7. The molecule has 0 spiro atoms. The molecule has 2 aromatic rings. The fourth-order valence-corrected chi connectivity index (χ4v) is 2.23. The van der Waals surface area contributed by atoms with Crippen molar-refractivity contribution in [2.75, 3.05) is 13.2 Å². The third-order valence-corrected chi connectivity index (χ3v) is 3.25. The first-order chi connectivity index (χ1) is 10.2. The summed E-state index contributed by atoms with van der Waals surface area (Å²) < 4.78 is 5.40. The molecule has 0 aliphatic rings. The fraction of sp³-hybridized carbons (Fsp3) is 0.333. The molecule has 0 bridgehead atoms. The molecule has 2 aromatic carbocycles. The Morgan fingerprint density at radius 3 is 1.41 bits per heavy atom. The molecule has 0 fully saturated rings. The van der Waals surface area contributed by atoms with Crippen LogP contribution in [-0.4, -0.2) is 35.6 Å². The minimum Gasteiger partial charge on any atom is -0.390 e. The van der Waals surface area contributed by atoms with E-state index in [-0.39, 0.29) is 25.6 Å². The quantitative estimate of drug-likeness (QED) is 0.785. The first-order valence-corrected chi connectivity index (χ1v) is 7.26. The van der Waals surface area contributed by atoms with Gasteiger partial charge in [0.05, 0.1) is 25.4 Å². The highest BCUT2D eigenvalue weighted by Gasteiger charge is 2.09. The van der Waals surface area contributed by atoms with E-state index in [0.717, 1.165) is 11.1 Å². The second-order valence-electron chi connectivity index (χ2n) is 5.22. The summed E-state index contributed by atoms with van der Waals surface area (Å²) in [5.41, 5.74) is 2.16. The fourth-order valence-electron chi connectivity index (χ4n) is 2.23. The number of hydrogen-bond donors (Lipinski definition) is 2. The zero-order chi connectivity index (χ0) is 14.9. The van der Waals surface area contributed by atoms with Crippen LogP contribution in [0.4, 0.5) is 0 Å². The van der Waals surface area contributed by atoms with E-state index in [9.17, 15) is 10.2 Å². The van der Waals surface area contributed by atoms with Crippen LogP contribution in [0.3, 0.4) is 0 Å². The van der Waals surface area contributed by atoms with Crippen LogP contribution in [0.15, 0.2) is 60.7 Å². The number of rotatable bonds is 8. The Kier molecular flexibility index (Phi) is 8.78. The minimum atomic E-state index is -0.545. The number of benzene rings is 2. The number of ether oxygens (including phenoxy) is 1. The van der Waals surface area contributed by atoms with E-state index in [1.165, 1.54) is 0 Å². The maximum Gasteiger partial charge on any atom is 0.0813 e. The molecule has 2 atom stereocenters. The maximum absolute atomic E-state index is 9.90. The van der Waals surface area contributed by atoms with Crippen LogP contribution in [0.5, 0.6) is 0 Å². The molecule has 0 amide bonds. The number of aliphatic hydroxyl groups is 2. The third-order valence-electron chi connectivity index (χ3n) is 3.25. The Hall–Kier alpha value is -1.39. The van der Waals surface area contributed by atoms with E-state index in [1.807, 2.05) is 60.7 Å². The van der Waals surface area contributed by atoms with Gasteiger partial charge in [-0.15, -0.1) is 12.4 Å². The van der Waals surface area contributed by atoms with Crippen molar-refractivity contribution >= 4 is 12.4 Å². The van der Waals surface area contributed by atoms with Gasteiger partial charge in [-0.1, -0.05) is 60.7 Å². The molecule has 0 saturated carbocycles. The Morgan fingerprint density at radius 1 is 0.682 bits per heavy atom. The van der Waals surface area contributed by atoms with Gasteiger partial charge in [0, 0.05) is 12.8 Å². The van der Waals surface area contributed by atoms with Crippen molar-refractivity contribution in [3.8, 4) is 0 Å². The zero-order valence-electron chi connectivity index (χ0n) is 12.5. The van der Waals surface area contributed by atoms with E-state index in [0.29, 0.717) is 12.8 Å². The molecule has 0 heterocycles. The third kappa shape index (κ3) is 7.05. The summed E-state index contributed by atoms with van der Waals surface area (Å²) in [6.07, 6.45) is 0.0401. The molecule has 0 saturated heterocycles. The molecule has 0 aliphatic carbocycles. The monoisotopic (exact) mass is 322 g/mol. The van der Waals surface area contributed by atoms with Crippen molar-refractivity contribution in [1.82, 2.24) is 0 Å². The Labute approximate surface area is 138 Å². The largest absolute Gasteiger partial charge is 0.390 e. The number of hydrogen-bond acceptors (Lipinski definition) is 3. The zero-order valence-corrected chi connectivity index (χ0v) is 13.3. The van der Waals surface area contributed by atoms with Crippen LogP contribution in [0.2, 0.25) is 0 Å². The van der Waals surface area contributed by atoms with E-state index < -0.39 is 12.2 Å². The Balaban J connectivity index is 0.00000242. The van der Waals surface area contributed by atoms with Gasteiger partial charge in [0.15, 0.2) is 0 Å². The lowest BCUT2D eigenvalue weighted by Crippen LogP contribution is -2.24. The normalized spacial score (nSPS) is 13.2. The summed E-state index contributed by atoms with van der Waals surface area (Å²) in [6.45, 7) is 0.474. The molecule has 3 nitrogen and oxygen atoms in total. The van der Waals surface area contributed by atoms with Crippen molar-refractivity contribution in [3.05, 3.63) is 71.8 Å². The summed E-state index contributed by atoms with van der Waals surface area (Å²) in [4.78, 5) is 0. The lowest BCUT2D eigenvalue weighted by atomic mass is 10.1. The molecule has 2 unspecified atom stereocenters. The lowest BCUT2D eigenvalue weighted by molar-refractivity contribution is -0.00669. The van der Waals surface area contributed by atoms with E-state index in [4.69, 9.17) is 4.74 Å². The van der Waals surface area contributed by atoms with Gasteiger partial charge in [-0.2, -0.15) is 0 Å². The molecule has 2 N–H and O–H groups in total. The van der Waals surface area contributed by atoms with Crippen LogP contribution >= 0.6 is 12.4 Å². The van der Waals surface area contributed by atoms with Gasteiger partial charge in [-0.05, 0) is 11.1 Å². The van der Waals surface area contributed by atoms with Gasteiger partial charge in [0.1, 0.15) is 0 Å². The van der Waals surface area contributed by atoms with Crippen LogP contribution < -0.4 is 0 Å². The van der Waals surface area contributed by atoms with E-state index in [2.05, 4.69) is 0 Å². The predicted molar refractivity (Wildman–Crippen MR) is 90.4 cm³/mol. The van der Waals surface area contributed by atoms with Crippen LogP contribution in [0, 0.1) is 0 Å². The average Bonchev–Trinajstić information content (AvgIpc) is 2.49. The van der Waals surface area contributed by atoms with Crippen molar-refractivity contribution in [2.24, 2.45) is 0 Å². The molecule has 22 heavy (non-hydrogen) atoms.